The second kappa shape index (κ2) is 9.97. The average molecular weight is 216 g/mol. The molecule has 1 unspecified atom stereocenters. The van der Waals surface area contributed by atoms with Gasteiger partial charge in [-0.15, -0.1) is 0 Å². The van der Waals surface area contributed by atoms with Crippen LogP contribution in [0.2, 0.25) is 0 Å². The van der Waals surface area contributed by atoms with Gasteiger partial charge in [0.25, 0.3) is 0 Å². The van der Waals surface area contributed by atoms with Crippen molar-refractivity contribution in [3.63, 3.8) is 0 Å². The number of hydrogen-bond donors (Lipinski definition) is 1. The molecule has 0 saturated heterocycles. The van der Waals surface area contributed by atoms with Gasteiger partial charge in [-0.1, -0.05) is 45.4 Å². The van der Waals surface area contributed by atoms with Gasteiger partial charge in [-0.2, -0.15) is 0 Å². The number of aliphatic hydroxyl groups excluding tert-OH is 1. The van der Waals surface area contributed by atoms with Crippen LogP contribution in [0, 0.1) is 0 Å². The summed E-state index contributed by atoms with van der Waals surface area (Å²) >= 11 is 0. The number of aliphatic hydroxyl groups is 1. The van der Waals surface area contributed by atoms with Crippen LogP contribution in [0.25, 0.3) is 0 Å². The van der Waals surface area contributed by atoms with Crippen molar-refractivity contribution in [3.05, 3.63) is 0 Å². The van der Waals surface area contributed by atoms with Gasteiger partial charge in [0.1, 0.15) is 0 Å². The maximum absolute atomic E-state index is 10.5. The van der Waals surface area contributed by atoms with Crippen LogP contribution >= 0.6 is 0 Å². The van der Waals surface area contributed by atoms with Crippen LogP contribution in [-0.2, 0) is 9.53 Å². The minimum absolute atomic E-state index is 0.412. The van der Waals surface area contributed by atoms with E-state index in [9.17, 15) is 9.90 Å². The lowest BCUT2D eigenvalue weighted by atomic mass is 10.1. The van der Waals surface area contributed by atoms with E-state index in [0.29, 0.717) is 6.42 Å². The first-order valence-electron chi connectivity index (χ1n) is 6.02. The van der Waals surface area contributed by atoms with E-state index in [1.807, 2.05) is 0 Å². The predicted octanol–water partition coefficient (Wildman–Crippen LogP) is 3.01. The molecule has 0 bridgehead atoms. The quantitative estimate of drug-likeness (QED) is 0.366. The van der Waals surface area contributed by atoms with Gasteiger partial charge in [-0.25, -0.2) is 0 Å². The Morgan fingerprint density at radius 1 is 1.13 bits per heavy atom. The Morgan fingerprint density at radius 3 is 2.20 bits per heavy atom. The largest absolute Gasteiger partial charge is 0.436 e. The van der Waals surface area contributed by atoms with Gasteiger partial charge in [-0.3, -0.25) is 4.79 Å². The first-order chi connectivity index (χ1) is 7.16. The SMILES string of the molecule is CCCCCCCCCC(O)OC(C)=O. The van der Waals surface area contributed by atoms with Crippen molar-refractivity contribution in [2.45, 2.75) is 71.5 Å². The summed E-state index contributed by atoms with van der Waals surface area (Å²) in [5, 5.41) is 9.22. The minimum atomic E-state index is -0.904. The highest BCUT2D eigenvalue weighted by atomic mass is 16.6. The minimum Gasteiger partial charge on any atom is -0.436 e. The van der Waals surface area contributed by atoms with Gasteiger partial charge < -0.3 is 9.84 Å². The summed E-state index contributed by atoms with van der Waals surface area (Å²) in [7, 11) is 0. The Hall–Kier alpha value is -0.570. The molecule has 0 aromatic rings. The van der Waals surface area contributed by atoms with Crippen LogP contribution in [-0.4, -0.2) is 17.4 Å². The van der Waals surface area contributed by atoms with Crippen molar-refractivity contribution in [3.8, 4) is 0 Å². The summed E-state index contributed by atoms with van der Waals surface area (Å²) in [5.41, 5.74) is 0. The van der Waals surface area contributed by atoms with Crippen molar-refractivity contribution in [2.24, 2.45) is 0 Å². The van der Waals surface area contributed by atoms with Crippen LogP contribution in [0.1, 0.15) is 65.2 Å². The van der Waals surface area contributed by atoms with E-state index in [4.69, 9.17) is 0 Å². The Labute approximate surface area is 92.8 Å². The molecule has 0 aliphatic heterocycles. The first kappa shape index (κ1) is 14.4. The Bertz CT molecular complexity index is 157. The summed E-state index contributed by atoms with van der Waals surface area (Å²) < 4.78 is 4.61. The molecule has 1 N–H and O–H groups in total. The van der Waals surface area contributed by atoms with E-state index in [1.54, 1.807) is 0 Å². The third-order valence-electron chi connectivity index (χ3n) is 2.36. The van der Waals surface area contributed by atoms with E-state index < -0.39 is 12.3 Å². The number of carbonyl (C=O) groups is 1. The summed E-state index contributed by atoms with van der Waals surface area (Å²) in [6.45, 7) is 3.52. The molecule has 3 heteroatoms. The molecule has 0 amide bonds. The second-order valence-corrected chi connectivity index (χ2v) is 3.97. The highest BCUT2D eigenvalue weighted by Crippen LogP contribution is 2.10. The fourth-order valence-corrected chi connectivity index (χ4v) is 1.53. The molecule has 0 rings (SSSR count). The zero-order chi connectivity index (χ0) is 11.5. The van der Waals surface area contributed by atoms with Gasteiger partial charge in [0.2, 0.25) is 6.29 Å². The third-order valence-corrected chi connectivity index (χ3v) is 2.36. The normalized spacial score (nSPS) is 12.5. The average Bonchev–Trinajstić information content (AvgIpc) is 2.15. The molecule has 3 nitrogen and oxygen atoms in total. The summed E-state index contributed by atoms with van der Waals surface area (Å²) in [5.74, 6) is -0.412. The molecule has 1 atom stereocenters. The van der Waals surface area contributed by atoms with Crippen molar-refractivity contribution in [1.82, 2.24) is 0 Å². The van der Waals surface area contributed by atoms with E-state index in [0.717, 1.165) is 12.8 Å². The molecule has 0 fully saturated rings. The van der Waals surface area contributed by atoms with Crippen LogP contribution < -0.4 is 0 Å². The van der Waals surface area contributed by atoms with Crippen LogP contribution in [0.5, 0.6) is 0 Å². The number of unbranched alkanes of at least 4 members (excludes halogenated alkanes) is 6. The standard InChI is InChI=1S/C12H24O3/c1-3-4-5-6-7-8-9-10-12(14)15-11(2)13/h12,14H,3-10H2,1-2H3. The number of hydrogen-bond acceptors (Lipinski definition) is 3. The fourth-order valence-electron chi connectivity index (χ4n) is 1.53. The molecule has 0 heterocycles. The van der Waals surface area contributed by atoms with E-state index in [2.05, 4.69) is 11.7 Å². The molecule has 0 radical (unpaired) electrons. The summed E-state index contributed by atoms with van der Waals surface area (Å²) in [6, 6.07) is 0. The maximum atomic E-state index is 10.5. The van der Waals surface area contributed by atoms with Crippen molar-refractivity contribution < 1.29 is 14.6 Å². The number of esters is 1. The Balaban J connectivity index is 3.13. The molecular formula is C12H24O3. The van der Waals surface area contributed by atoms with Gasteiger partial charge in [0.15, 0.2) is 0 Å². The summed E-state index contributed by atoms with van der Waals surface area (Å²) in [4.78, 5) is 10.5. The lowest BCUT2D eigenvalue weighted by Crippen LogP contribution is -2.14. The van der Waals surface area contributed by atoms with E-state index in [-0.39, 0.29) is 0 Å². The smallest absolute Gasteiger partial charge is 0.304 e. The molecule has 0 saturated carbocycles. The van der Waals surface area contributed by atoms with Crippen LogP contribution in [0.15, 0.2) is 0 Å². The van der Waals surface area contributed by atoms with Gasteiger partial charge in [0, 0.05) is 13.3 Å². The van der Waals surface area contributed by atoms with Crippen LogP contribution in [0.4, 0.5) is 0 Å². The zero-order valence-electron chi connectivity index (χ0n) is 10.00. The van der Waals surface area contributed by atoms with Crippen LogP contribution in [0.3, 0.4) is 0 Å². The molecule has 15 heavy (non-hydrogen) atoms. The first-order valence-corrected chi connectivity index (χ1v) is 6.02. The van der Waals surface area contributed by atoms with E-state index >= 15 is 0 Å². The van der Waals surface area contributed by atoms with Crippen molar-refractivity contribution in [1.29, 1.82) is 0 Å². The Morgan fingerprint density at radius 2 is 1.67 bits per heavy atom. The predicted molar refractivity (Wildman–Crippen MR) is 60.4 cm³/mol. The molecule has 0 aliphatic rings. The third kappa shape index (κ3) is 11.4. The maximum Gasteiger partial charge on any atom is 0.304 e. The second-order valence-electron chi connectivity index (χ2n) is 3.97. The topological polar surface area (TPSA) is 46.5 Å². The lowest BCUT2D eigenvalue weighted by Gasteiger charge is -2.09. The van der Waals surface area contributed by atoms with E-state index in [1.165, 1.54) is 39.0 Å². The van der Waals surface area contributed by atoms with Gasteiger partial charge in [-0.05, 0) is 6.42 Å². The number of rotatable bonds is 9. The molecule has 0 aromatic heterocycles. The molecule has 0 aliphatic carbocycles. The van der Waals surface area contributed by atoms with Crippen molar-refractivity contribution >= 4 is 5.97 Å². The summed E-state index contributed by atoms with van der Waals surface area (Å²) in [6.07, 6.45) is 8.09. The Kier molecular flexibility index (Phi) is 9.59. The molecular weight excluding hydrogens is 192 g/mol. The van der Waals surface area contributed by atoms with Gasteiger partial charge >= 0.3 is 5.97 Å². The molecule has 90 valence electrons. The number of carbonyl (C=O) groups excluding carboxylic acids is 1. The van der Waals surface area contributed by atoms with Gasteiger partial charge in [0.05, 0.1) is 0 Å². The number of ether oxygens (including phenoxy) is 1. The lowest BCUT2D eigenvalue weighted by molar-refractivity contribution is -0.165. The molecule has 0 aromatic carbocycles. The highest BCUT2D eigenvalue weighted by Gasteiger charge is 2.05. The fraction of sp³-hybridized carbons (Fsp3) is 0.917. The van der Waals surface area contributed by atoms with Crippen molar-refractivity contribution in [2.75, 3.05) is 0 Å². The molecule has 0 spiro atoms. The zero-order valence-corrected chi connectivity index (χ0v) is 10.00. The highest BCUT2D eigenvalue weighted by molar-refractivity contribution is 5.65. The monoisotopic (exact) mass is 216 g/mol.